The lowest BCUT2D eigenvalue weighted by atomic mass is 9.92. The third-order valence-electron chi connectivity index (χ3n) is 3.84. The maximum absolute atomic E-state index is 12.2. The number of ketones is 1. The summed E-state index contributed by atoms with van der Waals surface area (Å²) in [5, 5.41) is 0. The highest BCUT2D eigenvalue weighted by Gasteiger charge is 2.25. The molecule has 0 aliphatic carbocycles. The molecule has 2 atom stereocenters. The van der Waals surface area contributed by atoms with Gasteiger partial charge in [0.1, 0.15) is 5.75 Å². The molecule has 1 aliphatic rings. The van der Waals surface area contributed by atoms with Crippen molar-refractivity contribution in [3.8, 4) is 5.75 Å². The molecule has 114 valence electrons. The lowest BCUT2D eigenvalue weighted by Gasteiger charge is -2.34. The highest BCUT2D eigenvalue weighted by Crippen LogP contribution is 2.21. The van der Waals surface area contributed by atoms with E-state index >= 15 is 0 Å². The normalized spacial score (nSPS) is 22.0. The van der Waals surface area contributed by atoms with Gasteiger partial charge in [0.05, 0.1) is 0 Å². The fraction of sp³-hybridized carbons (Fsp3) is 0.529. The van der Waals surface area contributed by atoms with Gasteiger partial charge in [0.15, 0.2) is 12.4 Å². The number of piperidine rings is 1. The molecule has 0 radical (unpaired) electrons. The van der Waals surface area contributed by atoms with E-state index in [1.165, 1.54) is 13.3 Å². The largest absolute Gasteiger partial charge is 0.484 e. The molecule has 0 bridgehead atoms. The smallest absolute Gasteiger partial charge is 0.260 e. The zero-order valence-electron chi connectivity index (χ0n) is 13.0. The Morgan fingerprint density at radius 2 is 1.71 bits per heavy atom. The Labute approximate surface area is 126 Å². The molecule has 1 fully saturated rings. The second kappa shape index (κ2) is 6.74. The minimum absolute atomic E-state index is 0.0221. The summed E-state index contributed by atoms with van der Waals surface area (Å²) in [6.45, 7) is 7.57. The van der Waals surface area contributed by atoms with E-state index in [0.717, 1.165) is 13.1 Å². The summed E-state index contributed by atoms with van der Waals surface area (Å²) in [7, 11) is 0. The van der Waals surface area contributed by atoms with Crippen LogP contribution in [0.3, 0.4) is 0 Å². The van der Waals surface area contributed by atoms with E-state index in [-0.39, 0.29) is 18.3 Å². The molecule has 1 amide bonds. The Morgan fingerprint density at radius 3 is 2.24 bits per heavy atom. The quantitative estimate of drug-likeness (QED) is 0.801. The third kappa shape index (κ3) is 4.31. The number of ether oxygens (including phenoxy) is 1. The van der Waals surface area contributed by atoms with Crippen molar-refractivity contribution in [1.29, 1.82) is 0 Å². The van der Waals surface area contributed by atoms with Crippen LogP contribution in [0.15, 0.2) is 24.3 Å². The molecule has 0 saturated carbocycles. The van der Waals surface area contributed by atoms with Crippen molar-refractivity contribution in [3.05, 3.63) is 29.8 Å². The average molecular weight is 289 g/mol. The van der Waals surface area contributed by atoms with Crippen LogP contribution in [0.5, 0.6) is 5.75 Å². The maximum Gasteiger partial charge on any atom is 0.260 e. The molecule has 0 N–H and O–H groups in total. The van der Waals surface area contributed by atoms with Crippen LogP contribution in [0.25, 0.3) is 0 Å². The minimum atomic E-state index is 0.0221. The molecule has 2 rings (SSSR count). The molecule has 0 aromatic heterocycles. The zero-order chi connectivity index (χ0) is 15.4. The number of amides is 1. The Morgan fingerprint density at radius 1 is 1.14 bits per heavy atom. The molecule has 0 spiro atoms. The molecule has 4 heteroatoms. The van der Waals surface area contributed by atoms with Gasteiger partial charge in [0, 0.05) is 18.7 Å². The molecule has 1 aromatic rings. The molecule has 4 nitrogen and oxygen atoms in total. The summed E-state index contributed by atoms with van der Waals surface area (Å²) in [4.78, 5) is 25.3. The van der Waals surface area contributed by atoms with Crippen molar-refractivity contribution in [3.63, 3.8) is 0 Å². The van der Waals surface area contributed by atoms with Gasteiger partial charge in [0.25, 0.3) is 5.91 Å². The molecule has 21 heavy (non-hydrogen) atoms. The first-order valence-electron chi connectivity index (χ1n) is 7.47. The van der Waals surface area contributed by atoms with Crippen LogP contribution in [0.1, 0.15) is 37.6 Å². The Balaban J connectivity index is 1.87. The highest BCUT2D eigenvalue weighted by atomic mass is 16.5. The van der Waals surface area contributed by atoms with E-state index in [4.69, 9.17) is 4.74 Å². The average Bonchev–Trinajstić information content (AvgIpc) is 2.44. The van der Waals surface area contributed by atoms with E-state index in [2.05, 4.69) is 13.8 Å². The first-order valence-corrected chi connectivity index (χ1v) is 7.47. The number of carbonyl (C=O) groups excluding carboxylic acids is 2. The number of hydrogen-bond donors (Lipinski definition) is 0. The van der Waals surface area contributed by atoms with E-state index in [1.807, 2.05) is 4.90 Å². The number of Topliss-reactive ketones (excluding diaryl/α,β-unsaturated/α-hetero) is 1. The van der Waals surface area contributed by atoms with E-state index in [1.54, 1.807) is 24.3 Å². The van der Waals surface area contributed by atoms with Crippen LogP contribution in [0.4, 0.5) is 0 Å². The second-order valence-corrected chi connectivity index (χ2v) is 6.11. The van der Waals surface area contributed by atoms with Gasteiger partial charge < -0.3 is 9.64 Å². The lowest BCUT2D eigenvalue weighted by molar-refractivity contribution is -0.136. The van der Waals surface area contributed by atoms with Gasteiger partial charge in [-0.15, -0.1) is 0 Å². The van der Waals surface area contributed by atoms with Gasteiger partial charge in [0.2, 0.25) is 0 Å². The van der Waals surface area contributed by atoms with Crippen LogP contribution in [0, 0.1) is 11.8 Å². The van der Waals surface area contributed by atoms with Crippen molar-refractivity contribution < 1.29 is 14.3 Å². The minimum Gasteiger partial charge on any atom is -0.484 e. The van der Waals surface area contributed by atoms with Gasteiger partial charge in [-0.25, -0.2) is 0 Å². The zero-order valence-corrected chi connectivity index (χ0v) is 13.0. The van der Waals surface area contributed by atoms with Crippen LogP contribution >= 0.6 is 0 Å². The standard InChI is InChI=1S/C17H23NO3/c1-12-8-13(2)10-18(9-12)17(20)11-21-16-6-4-15(5-7-16)14(3)19/h4-7,12-13H,8-11H2,1-3H3/t12-,13+. The predicted molar refractivity (Wildman–Crippen MR) is 81.5 cm³/mol. The van der Waals surface area contributed by atoms with Gasteiger partial charge >= 0.3 is 0 Å². The van der Waals surface area contributed by atoms with Crippen LogP contribution in [0.2, 0.25) is 0 Å². The van der Waals surface area contributed by atoms with Gasteiger partial charge in [-0.2, -0.15) is 0 Å². The summed E-state index contributed by atoms with van der Waals surface area (Å²) in [6, 6.07) is 6.89. The predicted octanol–water partition coefficient (Wildman–Crippen LogP) is 2.77. The number of benzene rings is 1. The fourth-order valence-electron chi connectivity index (χ4n) is 2.89. The van der Waals surface area contributed by atoms with E-state index < -0.39 is 0 Å². The van der Waals surface area contributed by atoms with Crippen LogP contribution in [-0.4, -0.2) is 36.3 Å². The number of hydrogen-bond acceptors (Lipinski definition) is 3. The van der Waals surface area contributed by atoms with Gasteiger partial charge in [-0.3, -0.25) is 9.59 Å². The van der Waals surface area contributed by atoms with Crippen molar-refractivity contribution >= 4 is 11.7 Å². The Hall–Kier alpha value is -1.84. The summed E-state index contributed by atoms with van der Waals surface area (Å²) < 4.78 is 5.52. The summed E-state index contributed by atoms with van der Waals surface area (Å²) in [6.07, 6.45) is 1.18. The molecule has 1 heterocycles. The first kappa shape index (κ1) is 15.5. The van der Waals surface area contributed by atoms with Gasteiger partial charge in [-0.05, 0) is 49.4 Å². The van der Waals surface area contributed by atoms with Crippen molar-refractivity contribution in [1.82, 2.24) is 4.90 Å². The molecule has 1 aliphatic heterocycles. The highest BCUT2D eigenvalue weighted by molar-refractivity contribution is 5.94. The monoisotopic (exact) mass is 289 g/mol. The maximum atomic E-state index is 12.2. The lowest BCUT2D eigenvalue weighted by Crippen LogP contribution is -2.44. The Bertz CT molecular complexity index is 499. The third-order valence-corrected chi connectivity index (χ3v) is 3.84. The van der Waals surface area contributed by atoms with Crippen molar-refractivity contribution in [2.75, 3.05) is 19.7 Å². The fourth-order valence-corrected chi connectivity index (χ4v) is 2.89. The van der Waals surface area contributed by atoms with Crippen LogP contribution < -0.4 is 4.74 Å². The first-order chi connectivity index (χ1) is 9.95. The second-order valence-electron chi connectivity index (χ2n) is 6.11. The summed E-state index contributed by atoms with van der Waals surface area (Å²) in [5.41, 5.74) is 0.646. The summed E-state index contributed by atoms with van der Waals surface area (Å²) >= 11 is 0. The molecule has 1 aromatic carbocycles. The van der Waals surface area contributed by atoms with Crippen LogP contribution in [-0.2, 0) is 4.79 Å². The molecule has 1 saturated heterocycles. The topological polar surface area (TPSA) is 46.6 Å². The number of nitrogens with zero attached hydrogens (tertiary/aromatic N) is 1. The van der Waals surface area contributed by atoms with E-state index in [0.29, 0.717) is 23.1 Å². The molecular formula is C17H23NO3. The van der Waals surface area contributed by atoms with Crippen molar-refractivity contribution in [2.24, 2.45) is 11.8 Å². The number of rotatable bonds is 4. The van der Waals surface area contributed by atoms with Crippen molar-refractivity contribution in [2.45, 2.75) is 27.2 Å². The molecule has 0 unspecified atom stereocenters. The number of likely N-dealkylation sites (tertiary alicyclic amines) is 1. The molecular weight excluding hydrogens is 266 g/mol. The summed E-state index contributed by atoms with van der Waals surface area (Å²) in [5.74, 6) is 1.77. The Kier molecular flexibility index (Phi) is 4.99. The number of carbonyl (C=O) groups is 2. The van der Waals surface area contributed by atoms with E-state index in [9.17, 15) is 9.59 Å². The van der Waals surface area contributed by atoms with Gasteiger partial charge in [-0.1, -0.05) is 13.8 Å². The SMILES string of the molecule is CC(=O)c1ccc(OCC(=O)N2C[C@H](C)C[C@H](C)C2)cc1.